The Labute approximate surface area is 204 Å². The highest BCUT2D eigenvalue weighted by molar-refractivity contribution is 7.89. The van der Waals surface area contributed by atoms with Gasteiger partial charge in [-0.05, 0) is 74.0 Å². The molecule has 1 aromatic heterocycles. The molecule has 178 valence electrons. The summed E-state index contributed by atoms with van der Waals surface area (Å²) in [6.07, 6.45) is 6.08. The van der Waals surface area contributed by atoms with Crippen molar-refractivity contribution in [1.82, 2.24) is 15.0 Å². The Hall–Kier alpha value is -2.52. The van der Waals surface area contributed by atoms with Gasteiger partial charge in [-0.15, -0.1) is 0 Å². The predicted molar refractivity (Wildman–Crippen MR) is 133 cm³/mol. The lowest BCUT2D eigenvalue weighted by Crippen LogP contribution is -2.38. The van der Waals surface area contributed by atoms with E-state index in [1.807, 2.05) is 24.3 Å². The number of hydrogen-bond acceptors (Lipinski definition) is 5. The van der Waals surface area contributed by atoms with Gasteiger partial charge in [-0.2, -0.15) is 0 Å². The second-order valence-electron chi connectivity index (χ2n) is 9.13. The summed E-state index contributed by atoms with van der Waals surface area (Å²) >= 11 is 6.23. The molecule has 7 nitrogen and oxygen atoms in total. The number of sulfonamides is 1. The number of carbonyl (C=O) groups is 1. The molecule has 1 saturated heterocycles. The Morgan fingerprint density at radius 2 is 2.06 bits per heavy atom. The van der Waals surface area contributed by atoms with Crippen LogP contribution >= 0.6 is 11.6 Å². The predicted octanol–water partition coefficient (Wildman–Crippen LogP) is 3.91. The number of nitrogens with one attached hydrogen (secondary N) is 3. The number of aromatic nitrogens is 1. The van der Waals surface area contributed by atoms with Crippen LogP contribution in [0.2, 0.25) is 5.02 Å². The Bertz CT molecular complexity index is 1320. The Morgan fingerprint density at radius 1 is 1.18 bits per heavy atom. The Morgan fingerprint density at radius 3 is 2.88 bits per heavy atom. The molecule has 0 radical (unpaired) electrons. The zero-order valence-corrected chi connectivity index (χ0v) is 20.2. The van der Waals surface area contributed by atoms with Crippen molar-refractivity contribution in [3.05, 3.63) is 65.4 Å². The van der Waals surface area contributed by atoms with Crippen molar-refractivity contribution in [2.45, 2.75) is 30.1 Å². The first-order valence-corrected chi connectivity index (χ1v) is 13.4. The number of piperidine rings is 1. The molecule has 2 aliphatic rings. The highest BCUT2D eigenvalue weighted by Crippen LogP contribution is 2.48. The van der Waals surface area contributed by atoms with E-state index < -0.39 is 10.0 Å². The Kier molecular flexibility index (Phi) is 6.57. The van der Waals surface area contributed by atoms with Crippen LogP contribution in [-0.4, -0.2) is 38.9 Å². The van der Waals surface area contributed by atoms with Crippen LogP contribution in [-0.2, 0) is 14.8 Å². The summed E-state index contributed by atoms with van der Waals surface area (Å²) in [4.78, 5) is 17.2. The molecule has 1 aliphatic carbocycles. The summed E-state index contributed by atoms with van der Waals surface area (Å²) in [6, 6.07) is 12.5. The first kappa shape index (κ1) is 23.2. The van der Waals surface area contributed by atoms with E-state index >= 15 is 0 Å². The zero-order chi connectivity index (χ0) is 23.7. The molecule has 0 spiro atoms. The van der Waals surface area contributed by atoms with Gasteiger partial charge in [-0.1, -0.05) is 29.8 Å². The summed E-state index contributed by atoms with van der Waals surface area (Å²) in [5, 5.41) is 8.54. The second kappa shape index (κ2) is 9.62. The zero-order valence-electron chi connectivity index (χ0n) is 18.6. The fourth-order valence-corrected chi connectivity index (χ4v) is 6.01. The minimum Gasteiger partial charge on any atom is -0.326 e. The van der Waals surface area contributed by atoms with E-state index in [2.05, 4.69) is 20.3 Å². The highest BCUT2D eigenvalue weighted by atomic mass is 35.5. The summed E-state index contributed by atoms with van der Waals surface area (Å²) in [6.45, 7) is 2.26. The highest BCUT2D eigenvalue weighted by Gasteiger charge is 2.44. The van der Waals surface area contributed by atoms with Crippen LogP contribution < -0.4 is 15.4 Å². The van der Waals surface area contributed by atoms with Crippen molar-refractivity contribution in [3.8, 4) is 0 Å². The molecule has 5 rings (SSSR count). The van der Waals surface area contributed by atoms with E-state index in [4.69, 9.17) is 11.6 Å². The quantitative estimate of drug-likeness (QED) is 0.458. The fraction of sp³-hybridized carbons (Fsp3) is 0.360. The van der Waals surface area contributed by atoms with E-state index in [0.717, 1.165) is 42.3 Å². The maximum Gasteiger partial charge on any atom is 0.240 e. The number of anilines is 1. The van der Waals surface area contributed by atoms with Crippen LogP contribution in [0.3, 0.4) is 0 Å². The SMILES string of the molecule is O=C(Nc1ccc2cncc(Cl)c2c1)[C@@H]1C[C@H]1c1cccc(S(=O)(=O)NC[C@H]2CCCNC2)c1. The van der Waals surface area contributed by atoms with E-state index in [9.17, 15) is 13.2 Å². The fourth-order valence-electron chi connectivity index (χ4n) is 4.62. The van der Waals surface area contributed by atoms with Crippen LogP contribution in [0.5, 0.6) is 0 Å². The lowest BCUT2D eigenvalue weighted by molar-refractivity contribution is -0.117. The third-order valence-corrected chi connectivity index (χ3v) is 8.39. The van der Waals surface area contributed by atoms with Gasteiger partial charge in [0.15, 0.2) is 0 Å². The largest absolute Gasteiger partial charge is 0.326 e. The summed E-state index contributed by atoms with van der Waals surface area (Å²) in [5.41, 5.74) is 1.55. The number of fused-ring (bicyclic) bond motifs is 1. The van der Waals surface area contributed by atoms with Crippen molar-refractivity contribution in [2.24, 2.45) is 11.8 Å². The maximum absolute atomic E-state index is 12.8. The van der Waals surface area contributed by atoms with Gasteiger partial charge in [-0.3, -0.25) is 9.78 Å². The van der Waals surface area contributed by atoms with Crippen molar-refractivity contribution in [3.63, 3.8) is 0 Å². The number of amides is 1. The number of benzene rings is 2. The van der Waals surface area contributed by atoms with Gasteiger partial charge in [0.25, 0.3) is 0 Å². The van der Waals surface area contributed by atoms with Gasteiger partial charge in [0.05, 0.1) is 9.92 Å². The number of carbonyl (C=O) groups excluding carboxylic acids is 1. The van der Waals surface area contributed by atoms with Gasteiger partial charge in [-0.25, -0.2) is 13.1 Å². The van der Waals surface area contributed by atoms with Crippen LogP contribution in [0.25, 0.3) is 10.8 Å². The number of halogens is 1. The van der Waals surface area contributed by atoms with Crippen molar-refractivity contribution >= 4 is 44.0 Å². The number of rotatable bonds is 7. The monoisotopic (exact) mass is 498 g/mol. The average molecular weight is 499 g/mol. The molecule has 0 bridgehead atoms. The van der Waals surface area contributed by atoms with Crippen LogP contribution in [0.1, 0.15) is 30.7 Å². The van der Waals surface area contributed by atoms with Gasteiger partial charge >= 0.3 is 0 Å². The average Bonchev–Trinajstić information content (AvgIpc) is 3.66. The third kappa shape index (κ3) is 5.10. The van der Waals surface area contributed by atoms with Crippen molar-refractivity contribution < 1.29 is 13.2 Å². The smallest absolute Gasteiger partial charge is 0.240 e. The summed E-state index contributed by atoms with van der Waals surface area (Å²) in [7, 11) is -3.59. The van der Waals surface area contributed by atoms with Gasteiger partial charge in [0, 0.05) is 41.3 Å². The lowest BCUT2D eigenvalue weighted by Gasteiger charge is -2.22. The van der Waals surface area contributed by atoms with Crippen molar-refractivity contribution in [2.75, 3.05) is 25.0 Å². The molecule has 1 amide bonds. The summed E-state index contributed by atoms with van der Waals surface area (Å²) < 4.78 is 28.4. The molecular weight excluding hydrogens is 472 g/mol. The second-order valence-corrected chi connectivity index (χ2v) is 11.3. The van der Waals surface area contributed by atoms with Gasteiger partial charge < -0.3 is 10.6 Å². The molecule has 3 N–H and O–H groups in total. The maximum atomic E-state index is 12.8. The van der Waals surface area contributed by atoms with Crippen molar-refractivity contribution in [1.29, 1.82) is 0 Å². The van der Waals surface area contributed by atoms with E-state index in [-0.39, 0.29) is 22.6 Å². The molecule has 2 aromatic carbocycles. The molecule has 1 saturated carbocycles. The van der Waals surface area contributed by atoms with E-state index in [1.165, 1.54) is 0 Å². The van der Waals surface area contributed by atoms with E-state index in [1.54, 1.807) is 30.6 Å². The lowest BCUT2D eigenvalue weighted by atomic mass is 10.0. The summed E-state index contributed by atoms with van der Waals surface area (Å²) in [5.74, 6) is 0.0453. The molecule has 9 heteroatoms. The Balaban J connectivity index is 1.23. The topological polar surface area (TPSA) is 100 Å². The molecule has 3 atom stereocenters. The molecular formula is C25H27ClN4O3S. The van der Waals surface area contributed by atoms with E-state index in [0.29, 0.717) is 29.6 Å². The first-order chi connectivity index (χ1) is 16.4. The van der Waals surface area contributed by atoms with Crippen LogP contribution in [0.4, 0.5) is 5.69 Å². The third-order valence-electron chi connectivity index (χ3n) is 6.66. The molecule has 2 heterocycles. The number of nitrogens with zero attached hydrogens (tertiary/aromatic N) is 1. The standard InChI is InChI=1S/C25H27ClN4O3S/c26-24-15-28-14-18-6-7-19(10-22(18)24)30-25(31)23-11-21(23)17-4-1-5-20(9-17)34(32,33)29-13-16-3-2-8-27-12-16/h1,4-7,9-10,14-16,21,23,27,29H,2-3,8,11-13H2,(H,30,31)/t16-,21-,23+/m0/s1. The molecule has 2 fully saturated rings. The minimum atomic E-state index is -3.59. The first-order valence-electron chi connectivity index (χ1n) is 11.6. The molecule has 1 aliphatic heterocycles. The van der Waals surface area contributed by atoms with Gasteiger partial charge in [0.2, 0.25) is 15.9 Å². The molecule has 0 unspecified atom stereocenters. The van der Waals surface area contributed by atoms with Crippen LogP contribution in [0, 0.1) is 11.8 Å². The van der Waals surface area contributed by atoms with Crippen LogP contribution in [0.15, 0.2) is 59.8 Å². The van der Waals surface area contributed by atoms with Gasteiger partial charge in [0.1, 0.15) is 0 Å². The number of hydrogen-bond donors (Lipinski definition) is 3. The minimum absolute atomic E-state index is 0.00550. The number of pyridine rings is 1. The molecule has 3 aromatic rings. The molecule has 34 heavy (non-hydrogen) atoms. The normalized spacial score (nSPS) is 22.4.